The van der Waals surface area contributed by atoms with Crippen LogP contribution in [-0.4, -0.2) is 45.0 Å². The molecule has 0 unspecified atom stereocenters. The summed E-state index contributed by atoms with van der Waals surface area (Å²) in [5.74, 6) is 0. The van der Waals surface area contributed by atoms with Gasteiger partial charge in [0.15, 0.2) is 0 Å². The van der Waals surface area contributed by atoms with Crippen LogP contribution in [0.3, 0.4) is 0 Å². The Balaban J connectivity index is 0.00000206. The number of hydrogen-bond donors (Lipinski definition) is 0. The first-order valence-electron chi connectivity index (χ1n) is 63.2. The first-order chi connectivity index (χ1) is 69.6. The van der Waals surface area contributed by atoms with Crippen molar-refractivity contribution in [3.8, 4) is 0 Å². The SMILES string of the molecule is CC(C)[O][Ti+3].CCCCCCCCCCCCc1ccc(S(=O)(=O)[O-])c(CCCCCCCCCCCC)c1CCCCCCCCCCCC.CCCCCCCCCCCCc1ccc(S(=O)(=O)[O-])c(CCCCCCCCCCCC)c1CCCCCCCCCCCC.CCCCCCCCCCCCc1ccc(S(=O)(=O)[O-])c(CCCCCCCCCCCC)c1CCCCCCCCCCCC. The fraction of sp³-hybridized carbons (Fsp3) is 0.860. The van der Waals surface area contributed by atoms with Crippen molar-refractivity contribution >= 4 is 30.4 Å². The van der Waals surface area contributed by atoms with E-state index in [2.05, 4.69) is 62.3 Å². The molecule has 0 fully saturated rings. The zero-order valence-corrected chi connectivity index (χ0v) is 101. The molecular formula is C129H238O10S3Ti. The van der Waals surface area contributed by atoms with Crippen molar-refractivity contribution in [2.24, 2.45) is 0 Å². The van der Waals surface area contributed by atoms with Crippen LogP contribution in [0.25, 0.3) is 0 Å². The Kier molecular flexibility index (Phi) is 103. The molecule has 0 aliphatic rings. The van der Waals surface area contributed by atoms with Crippen molar-refractivity contribution in [3.63, 3.8) is 0 Å². The quantitative estimate of drug-likeness (QED) is 0.0300. The molecule has 143 heavy (non-hydrogen) atoms. The van der Waals surface area contributed by atoms with E-state index in [0.29, 0.717) is 6.10 Å². The third-order valence-electron chi connectivity index (χ3n) is 30.6. The Morgan fingerprint density at radius 2 is 0.273 bits per heavy atom. The summed E-state index contributed by atoms with van der Waals surface area (Å²) >= 11 is 1.70. The van der Waals surface area contributed by atoms with E-state index in [9.17, 15) is 38.9 Å². The van der Waals surface area contributed by atoms with Crippen LogP contribution < -0.4 is 0 Å². The maximum absolute atomic E-state index is 12.4. The monoisotopic (exact) mass is 2090 g/mol. The van der Waals surface area contributed by atoms with E-state index >= 15 is 0 Å². The van der Waals surface area contributed by atoms with Gasteiger partial charge in [-0.1, -0.05) is 601 Å². The van der Waals surface area contributed by atoms with Gasteiger partial charge in [0.1, 0.15) is 30.4 Å². The molecule has 0 saturated carbocycles. The molecule has 836 valence electrons. The second-order valence-corrected chi connectivity index (χ2v) is 48.9. The van der Waals surface area contributed by atoms with Gasteiger partial charge in [0, 0.05) is 0 Å². The van der Waals surface area contributed by atoms with E-state index in [1.54, 1.807) is 39.0 Å². The molecule has 0 amide bonds. The first-order valence-corrected chi connectivity index (χ1v) is 68.1. The second-order valence-electron chi connectivity index (χ2n) is 44.5. The molecule has 3 rings (SSSR count). The zero-order valence-electron chi connectivity index (χ0n) is 96.9. The fourth-order valence-electron chi connectivity index (χ4n) is 21.5. The van der Waals surface area contributed by atoms with Crippen molar-refractivity contribution in [2.75, 3.05) is 0 Å². The molecule has 0 aliphatic carbocycles. The molecule has 3 aromatic rings. The van der Waals surface area contributed by atoms with Gasteiger partial charge in [0.25, 0.3) is 0 Å². The Morgan fingerprint density at radius 1 is 0.175 bits per heavy atom. The molecule has 0 heterocycles. The van der Waals surface area contributed by atoms with Gasteiger partial charge in [-0.25, -0.2) is 25.3 Å². The van der Waals surface area contributed by atoms with Crippen LogP contribution in [-0.2, 0) is 112 Å². The van der Waals surface area contributed by atoms with Gasteiger partial charge in [0.05, 0.1) is 14.7 Å². The summed E-state index contributed by atoms with van der Waals surface area (Å²) in [7, 11) is -13.4. The molecule has 0 saturated heterocycles. The summed E-state index contributed by atoms with van der Waals surface area (Å²) in [5, 5.41) is 0. The van der Waals surface area contributed by atoms with Crippen molar-refractivity contribution in [3.05, 3.63) is 86.5 Å². The maximum Gasteiger partial charge on any atom is 0.124 e. The van der Waals surface area contributed by atoms with Gasteiger partial charge in [0.2, 0.25) is 0 Å². The maximum atomic E-state index is 12.4. The van der Waals surface area contributed by atoms with Crippen molar-refractivity contribution in [2.45, 2.75) is 733 Å². The van der Waals surface area contributed by atoms with Gasteiger partial charge < -0.3 is 13.7 Å². The Morgan fingerprint density at radius 3 is 0.378 bits per heavy atom. The number of hydrogen-bond acceptors (Lipinski definition) is 10. The third-order valence-corrected chi connectivity index (χ3v) is 34.1. The van der Waals surface area contributed by atoms with Crippen molar-refractivity contribution in [1.29, 1.82) is 0 Å². The van der Waals surface area contributed by atoms with Crippen LogP contribution in [0.4, 0.5) is 0 Å². The van der Waals surface area contributed by atoms with Crippen LogP contribution in [0, 0.1) is 0 Å². The minimum absolute atomic E-state index is 0.0670. The number of unbranched alkanes of at least 4 members (excludes halogenated alkanes) is 81. The number of rotatable bonds is 103. The minimum Gasteiger partial charge on any atom is -0.744 e. The molecule has 0 N–H and O–H groups in total. The molecule has 0 bridgehead atoms. The van der Waals surface area contributed by atoms with Crippen LogP contribution in [0.2, 0.25) is 0 Å². The second kappa shape index (κ2) is 104. The van der Waals surface area contributed by atoms with Crippen LogP contribution in [0.1, 0.15) is 704 Å². The van der Waals surface area contributed by atoms with Gasteiger partial charge in [-0.05, 0) is 184 Å². The smallest absolute Gasteiger partial charge is 0.124 e. The van der Waals surface area contributed by atoms with Crippen LogP contribution in [0.5, 0.6) is 0 Å². The molecule has 14 heteroatoms. The standard InChI is InChI=1S/3C42H78O3S.C3H7O.Ti/c3*1-4-7-10-13-16-19-22-25-28-31-34-39-37-38-42(46(43,44)45)41(36-33-30-27-24-21-18-15-12-9-6-3)40(39)35-32-29-26-23-20-17-14-11-8-5-2;1-3(2)4;/h3*37-38H,4-36H2,1-3H3,(H,43,44,45);3H,1-2H3;/q;;;-1;+4/p-3. The average molecular weight is 2090 g/mol. The van der Waals surface area contributed by atoms with E-state index in [1.165, 1.54) is 534 Å². The van der Waals surface area contributed by atoms with Crippen LogP contribution in [0.15, 0.2) is 51.1 Å². The van der Waals surface area contributed by atoms with Gasteiger partial charge in [-0.2, -0.15) is 0 Å². The van der Waals surface area contributed by atoms with Crippen molar-refractivity contribution in [1.82, 2.24) is 0 Å². The van der Waals surface area contributed by atoms with Crippen LogP contribution >= 0.6 is 0 Å². The average Bonchev–Trinajstić information content (AvgIpc) is 0.801. The predicted molar refractivity (Wildman–Crippen MR) is 619 cm³/mol. The zero-order chi connectivity index (χ0) is 105. The minimum atomic E-state index is -4.48. The van der Waals surface area contributed by atoms with Gasteiger partial charge in [-0.15, -0.1) is 0 Å². The van der Waals surface area contributed by atoms with E-state index in [-0.39, 0.29) is 14.7 Å². The Bertz CT molecular complexity index is 3210. The molecule has 10 nitrogen and oxygen atoms in total. The summed E-state index contributed by atoms with van der Waals surface area (Å²) < 4.78 is 117. The van der Waals surface area contributed by atoms with E-state index in [0.717, 1.165) is 152 Å². The van der Waals surface area contributed by atoms with Gasteiger partial charge >= 0.3 is 44.1 Å². The summed E-state index contributed by atoms with van der Waals surface area (Å²) in [6.07, 6.45) is 124. The number of aryl methyl sites for hydroxylation is 3. The van der Waals surface area contributed by atoms with Gasteiger partial charge in [-0.3, -0.25) is 0 Å². The largest absolute Gasteiger partial charge is 0.744 e. The summed E-state index contributed by atoms with van der Waals surface area (Å²) in [6, 6.07) is 10.9. The third kappa shape index (κ3) is 85.2. The molecular weight excluding hydrogens is 1850 g/mol. The summed E-state index contributed by atoms with van der Waals surface area (Å²) in [4.78, 5) is 0.201. The molecule has 0 spiro atoms. The molecule has 0 atom stereocenters. The predicted octanol–water partition coefficient (Wildman–Crippen LogP) is 42.8. The van der Waals surface area contributed by atoms with E-state index < -0.39 is 30.4 Å². The topological polar surface area (TPSA) is 181 Å². The van der Waals surface area contributed by atoms with E-state index in [1.807, 2.05) is 32.0 Å². The fourth-order valence-corrected chi connectivity index (χ4v) is 23.8. The van der Waals surface area contributed by atoms with Crippen molar-refractivity contribution < 1.29 is 63.1 Å². The Labute approximate surface area is 905 Å². The normalized spacial score (nSPS) is 11.8. The first kappa shape index (κ1) is 141. The summed E-state index contributed by atoms with van der Waals surface area (Å²) in [6.45, 7) is 24.4. The molecule has 0 aliphatic heterocycles. The summed E-state index contributed by atoms with van der Waals surface area (Å²) in [5.41, 5.74) is 10.2. The molecule has 0 radical (unpaired) electrons. The Hall–Kier alpha value is -1.94. The molecule has 0 aromatic heterocycles. The molecule has 3 aromatic carbocycles. The van der Waals surface area contributed by atoms with E-state index in [4.69, 9.17) is 3.32 Å². The number of benzene rings is 3.